The number of amides is 1. The van der Waals surface area contributed by atoms with E-state index in [1.807, 2.05) is 9.80 Å². The fraction of sp³-hybridized carbons (Fsp3) is 0.522. The largest absolute Gasteiger partial charge is 0.416 e. The zero-order valence-electron chi connectivity index (χ0n) is 18.0. The van der Waals surface area contributed by atoms with Crippen LogP contribution in [-0.2, 0) is 11.0 Å². The van der Waals surface area contributed by atoms with Gasteiger partial charge >= 0.3 is 6.18 Å². The Bertz CT molecular complexity index is 1040. The monoisotopic (exact) mass is 463 g/mol. The van der Waals surface area contributed by atoms with E-state index in [4.69, 9.17) is 0 Å². The highest BCUT2D eigenvalue weighted by molar-refractivity contribution is 5.79. The van der Waals surface area contributed by atoms with Gasteiger partial charge in [0, 0.05) is 38.0 Å². The van der Waals surface area contributed by atoms with Crippen molar-refractivity contribution >= 4 is 17.5 Å². The Hall–Kier alpha value is -2.91. The minimum absolute atomic E-state index is 0.0251. The van der Waals surface area contributed by atoms with Gasteiger partial charge in [-0.15, -0.1) is 0 Å². The minimum Gasteiger partial charge on any atom is -0.355 e. The molecule has 10 heteroatoms. The second-order valence-electron chi connectivity index (χ2n) is 9.28. The Morgan fingerprint density at radius 2 is 1.82 bits per heavy atom. The number of nitrogens with zero attached hydrogens (tertiary/aromatic N) is 4. The summed E-state index contributed by atoms with van der Waals surface area (Å²) in [6.45, 7) is 2.33. The Kier molecular flexibility index (Phi) is 5.41. The Labute approximate surface area is 189 Å². The third-order valence-electron chi connectivity index (χ3n) is 7.06. The molecule has 176 valence electrons. The van der Waals surface area contributed by atoms with Crippen LogP contribution < -0.4 is 15.1 Å². The number of benzene rings is 1. The molecule has 0 radical (unpaired) electrons. The van der Waals surface area contributed by atoms with Crippen LogP contribution in [0.15, 0.2) is 30.6 Å². The molecular formula is C23H25F4N5O. The van der Waals surface area contributed by atoms with Crippen LogP contribution in [0.1, 0.15) is 49.3 Å². The molecule has 0 aliphatic carbocycles. The molecule has 33 heavy (non-hydrogen) atoms. The highest BCUT2D eigenvalue weighted by atomic mass is 19.4. The van der Waals surface area contributed by atoms with Gasteiger partial charge in [0.15, 0.2) is 11.6 Å². The second kappa shape index (κ2) is 8.14. The van der Waals surface area contributed by atoms with E-state index < -0.39 is 17.6 Å². The lowest BCUT2D eigenvalue weighted by Crippen LogP contribution is -2.45. The molecule has 1 spiro atoms. The lowest BCUT2D eigenvalue weighted by molar-refractivity contribution is -0.137. The van der Waals surface area contributed by atoms with E-state index in [0.29, 0.717) is 44.6 Å². The first-order valence-electron chi connectivity index (χ1n) is 11.2. The van der Waals surface area contributed by atoms with Gasteiger partial charge in [0.1, 0.15) is 6.33 Å². The molecule has 0 bridgehead atoms. The fourth-order valence-corrected chi connectivity index (χ4v) is 5.46. The maximum Gasteiger partial charge on any atom is 0.416 e. The molecule has 5 rings (SSSR count). The van der Waals surface area contributed by atoms with Gasteiger partial charge in [-0.1, -0.05) is 12.1 Å². The van der Waals surface area contributed by atoms with E-state index in [0.717, 1.165) is 31.4 Å². The number of hydrogen-bond acceptors (Lipinski definition) is 5. The molecule has 2 aromatic rings. The molecule has 2 atom stereocenters. The summed E-state index contributed by atoms with van der Waals surface area (Å²) in [5.41, 5.74) is -0.207. The summed E-state index contributed by atoms with van der Waals surface area (Å²) in [4.78, 5) is 24.0. The average Bonchev–Trinajstić information content (AvgIpc) is 3.40. The molecule has 1 amide bonds. The lowest BCUT2D eigenvalue weighted by atomic mass is 9.79. The molecule has 4 heterocycles. The van der Waals surface area contributed by atoms with Crippen LogP contribution >= 0.6 is 0 Å². The van der Waals surface area contributed by atoms with Crippen LogP contribution in [0.3, 0.4) is 0 Å². The van der Waals surface area contributed by atoms with Crippen LogP contribution in [0.4, 0.5) is 29.2 Å². The van der Waals surface area contributed by atoms with Gasteiger partial charge in [0.25, 0.3) is 0 Å². The molecule has 3 fully saturated rings. The van der Waals surface area contributed by atoms with Gasteiger partial charge < -0.3 is 15.1 Å². The molecular weight excluding hydrogens is 438 g/mol. The number of carbonyl (C=O) groups excluding carboxylic acids is 1. The van der Waals surface area contributed by atoms with Crippen LogP contribution in [0, 0.1) is 11.2 Å². The number of alkyl halides is 3. The Morgan fingerprint density at radius 1 is 1.06 bits per heavy atom. The summed E-state index contributed by atoms with van der Waals surface area (Å²) in [6.07, 6.45) is 0.610. The van der Waals surface area contributed by atoms with Crippen LogP contribution in [-0.4, -0.2) is 42.1 Å². The first kappa shape index (κ1) is 21.9. The zero-order chi connectivity index (χ0) is 23.2. The topological polar surface area (TPSA) is 61.4 Å². The number of halogens is 4. The van der Waals surface area contributed by atoms with Crippen molar-refractivity contribution in [3.8, 4) is 0 Å². The molecule has 1 N–H and O–H groups in total. The van der Waals surface area contributed by atoms with Crippen molar-refractivity contribution < 1.29 is 22.4 Å². The van der Waals surface area contributed by atoms with Crippen LogP contribution in [0.5, 0.6) is 0 Å². The van der Waals surface area contributed by atoms with Gasteiger partial charge in [0.2, 0.25) is 11.7 Å². The maximum absolute atomic E-state index is 15.7. The number of carbonyl (C=O) groups is 1. The summed E-state index contributed by atoms with van der Waals surface area (Å²) in [6, 6.07) is 4.80. The quantitative estimate of drug-likeness (QED) is 0.695. The molecule has 1 aromatic carbocycles. The lowest BCUT2D eigenvalue weighted by Gasteiger charge is -2.40. The molecule has 0 saturated carbocycles. The molecule has 3 aliphatic heterocycles. The molecule has 1 aromatic heterocycles. The van der Waals surface area contributed by atoms with E-state index in [1.165, 1.54) is 18.5 Å². The first-order valence-corrected chi connectivity index (χ1v) is 11.2. The van der Waals surface area contributed by atoms with Gasteiger partial charge in [0.05, 0.1) is 11.6 Å². The summed E-state index contributed by atoms with van der Waals surface area (Å²) in [5.74, 6) is -0.109. The first-order chi connectivity index (χ1) is 15.8. The molecule has 3 aliphatic rings. The predicted molar refractivity (Wildman–Crippen MR) is 114 cm³/mol. The van der Waals surface area contributed by atoms with Crippen LogP contribution in [0.2, 0.25) is 0 Å². The number of piperidine rings is 1. The second-order valence-corrected chi connectivity index (χ2v) is 9.28. The van der Waals surface area contributed by atoms with Crippen molar-refractivity contribution in [2.45, 2.75) is 44.3 Å². The van der Waals surface area contributed by atoms with E-state index in [1.54, 1.807) is 0 Å². The number of hydrogen-bond donors (Lipinski definition) is 1. The van der Waals surface area contributed by atoms with Crippen LogP contribution in [0.25, 0.3) is 0 Å². The van der Waals surface area contributed by atoms with Gasteiger partial charge in [-0.05, 0) is 43.4 Å². The Morgan fingerprint density at radius 3 is 2.52 bits per heavy atom. The summed E-state index contributed by atoms with van der Waals surface area (Å²) >= 11 is 0. The van der Waals surface area contributed by atoms with Crippen molar-refractivity contribution in [1.29, 1.82) is 0 Å². The van der Waals surface area contributed by atoms with Gasteiger partial charge in [-0.2, -0.15) is 17.6 Å². The fourth-order valence-electron chi connectivity index (χ4n) is 5.46. The van der Waals surface area contributed by atoms with Gasteiger partial charge in [-0.25, -0.2) is 9.97 Å². The minimum atomic E-state index is -4.40. The maximum atomic E-state index is 15.7. The van der Waals surface area contributed by atoms with E-state index in [2.05, 4.69) is 15.3 Å². The molecule has 3 saturated heterocycles. The predicted octanol–water partition coefficient (Wildman–Crippen LogP) is 4.08. The van der Waals surface area contributed by atoms with Gasteiger partial charge in [-0.3, -0.25) is 4.79 Å². The van der Waals surface area contributed by atoms with E-state index in [-0.39, 0.29) is 29.0 Å². The van der Waals surface area contributed by atoms with E-state index in [9.17, 15) is 18.0 Å². The summed E-state index contributed by atoms with van der Waals surface area (Å²) in [5, 5.41) is 2.89. The number of nitrogens with one attached hydrogen (secondary N) is 1. The average molecular weight is 463 g/mol. The summed E-state index contributed by atoms with van der Waals surface area (Å²) in [7, 11) is 0. The van der Waals surface area contributed by atoms with Crippen molar-refractivity contribution in [3.05, 3.63) is 47.5 Å². The van der Waals surface area contributed by atoms with Crippen molar-refractivity contribution in [2.75, 3.05) is 36.0 Å². The van der Waals surface area contributed by atoms with Crippen molar-refractivity contribution in [2.24, 2.45) is 5.41 Å². The Balaban J connectivity index is 1.41. The van der Waals surface area contributed by atoms with E-state index >= 15 is 4.39 Å². The SMILES string of the molecule is O=C1CC2(CCCN(c3ncnc(N4CCCC4c4ccc(C(F)(F)F)cc4)c3F)C2)CN1. The molecule has 2 unspecified atom stereocenters. The summed E-state index contributed by atoms with van der Waals surface area (Å²) < 4.78 is 54.5. The number of anilines is 2. The standard InChI is InChI=1S/C23H25F4N5O/c24-19-20(31-9-2-8-22(13-31)11-18(33)28-12-22)29-14-30-21(19)32-10-1-3-17(32)15-4-6-16(7-5-15)23(25,26)27/h4-7,14,17H,1-3,8-13H2,(H,28,33). The number of aromatic nitrogens is 2. The van der Waals surface area contributed by atoms with Crippen molar-refractivity contribution in [3.63, 3.8) is 0 Å². The molecule has 6 nitrogen and oxygen atoms in total. The normalized spacial score (nSPS) is 25.7. The smallest absolute Gasteiger partial charge is 0.355 e. The zero-order valence-corrected chi connectivity index (χ0v) is 18.0. The highest BCUT2D eigenvalue weighted by Crippen LogP contribution is 2.41. The highest BCUT2D eigenvalue weighted by Gasteiger charge is 2.43. The third-order valence-corrected chi connectivity index (χ3v) is 7.06. The van der Waals surface area contributed by atoms with Crippen molar-refractivity contribution in [1.82, 2.24) is 15.3 Å². The number of rotatable bonds is 3. The third kappa shape index (κ3) is 4.11.